The van der Waals surface area contributed by atoms with Crippen molar-refractivity contribution in [1.82, 2.24) is 9.21 Å². The molecular formula is C19H19BrF2N2O4S. The maximum absolute atomic E-state index is 13.2. The Morgan fingerprint density at radius 1 is 1.03 bits per heavy atom. The van der Waals surface area contributed by atoms with Crippen LogP contribution in [0.25, 0.3) is 0 Å². The molecule has 1 amide bonds. The second-order valence-electron chi connectivity index (χ2n) is 6.52. The van der Waals surface area contributed by atoms with Gasteiger partial charge in [0.05, 0.1) is 9.37 Å². The van der Waals surface area contributed by atoms with E-state index < -0.39 is 27.8 Å². The zero-order chi connectivity index (χ0) is 21.2. The number of hydrogen-bond acceptors (Lipinski definition) is 4. The van der Waals surface area contributed by atoms with Crippen LogP contribution in [-0.4, -0.2) is 55.8 Å². The smallest absolute Gasteiger partial charge is 0.263 e. The summed E-state index contributed by atoms with van der Waals surface area (Å²) >= 11 is 3.19. The Balaban J connectivity index is 1.60. The fourth-order valence-corrected chi connectivity index (χ4v) is 4.84. The van der Waals surface area contributed by atoms with Crippen molar-refractivity contribution in [2.45, 2.75) is 17.9 Å². The predicted molar refractivity (Wildman–Crippen MR) is 106 cm³/mol. The minimum absolute atomic E-state index is 0.0107. The van der Waals surface area contributed by atoms with E-state index in [4.69, 9.17) is 4.74 Å². The zero-order valence-electron chi connectivity index (χ0n) is 15.5. The van der Waals surface area contributed by atoms with Crippen LogP contribution in [0.3, 0.4) is 0 Å². The predicted octanol–water partition coefficient (Wildman–Crippen LogP) is 3.03. The monoisotopic (exact) mass is 488 g/mol. The van der Waals surface area contributed by atoms with Gasteiger partial charge in [0.15, 0.2) is 6.10 Å². The minimum atomic E-state index is -3.75. The highest BCUT2D eigenvalue weighted by molar-refractivity contribution is 9.10. The van der Waals surface area contributed by atoms with Gasteiger partial charge >= 0.3 is 0 Å². The number of carbonyl (C=O) groups is 1. The summed E-state index contributed by atoms with van der Waals surface area (Å²) in [4.78, 5) is 14.2. The van der Waals surface area contributed by atoms with E-state index in [1.165, 1.54) is 39.5 Å². The first-order chi connectivity index (χ1) is 13.7. The molecule has 6 nitrogen and oxygen atoms in total. The fraction of sp³-hybridized carbons (Fsp3) is 0.316. The van der Waals surface area contributed by atoms with E-state index in [1.807, 2.05) is 0 Å². The van der Waals surface area contributed by atoms with Crippen LogP contribution in [0.15, 0.2) is 51.8 Å². The van der Waals surface area contributed by atoms with Gasteiger partial charge < -0.3 is 9.64 Å². The highest BCUT2D eigenvalue weighted by Gasteiger charge is 2.32. The van der Waals surface area contributed by atoms with Crippen molar-refractivity contribution in [3.63, 3.8) is 0 Å². The van der Waals surface area contributed by atoms with Gasteiger partial charge in [-0.3, -0.25) is 4.79 Å². The van der Waals surface area contributed by atoms with Crippen LogP contribution >= 0.6 is 15.9 Å². The van der Waals surface area contributed by atoms with E-state index in [-0.39, 0.29) is 37.0 Å². The number of hydrogen-bond donors (Lipinski definition) is 0. The number of ether oxygens (including phenoxy) is 1. The number of nitrogens with zero attached hydrogens (tertiary/aromatic N) is 2. The topological polar surface area (TPSA) is 66.9 Å². The lowest BCUT2D eigenvalue weighted by atomic mass is 10.2. The van der Waals surface area contributed by atoms with Gasteiger partial charge in [0.25, 0.3) is 5.91 Å². The molecule has 2 aromatic carbocycles. The molecule has 3 rings (SSSR count). The molecule has 2 aromatic rings. The van der Waals surface area contributed by atoms with Crippen LogP contribution in [-0.2, 0) is 14.8 Å². The van der Waals surface area contributed by atoms with Gasteiger partial charge in [-0.1, -0.05) is 0 Å². The average molecular weight is 489 g/mol. The standard InChI is InChI=1S/C19H19BrF2N2O4S/c1-13(28-18-7-4-15(22)12-17(18)20)19(25)23-8-10-24(11-9-23)29(26,27)16-5-2-14(21)3-6-16/h2-7,12-13H,8-11H2,1H3. The third-order valence-electron chi connectivity index (χ3n) is 4.55. The van der Waals surface area contributed by atoms with Crippen molar-refractivity contribution in [2.24, 2.45) is 0 Å². The first-order valence-corrected chi connectivity index (χ1v) is 11.1. The van der Waals surface area contributed by atoms with Crippen LogP contribution in [0.4, 0.5) is 8.78 Å². The molecule has 0 saturated carbocycles. The van der Waals surface area contributed by atoms with Crippen molar-refractivity contribution in [3.8, 4) is 5.75 Å². The Bertz CT molecular complexity index is 994. The number of sulfonamides is 1. The summed E-state index contributed by atoms with van der Waals surface area (Å²) < 4.78 is 58.8. The SMILES string of the molecule is CC(Oc1ccc(F)cc1Br)C(=O)N1CCN(S(=O)(=O)c2ccc(F)cc2)CC1. The zero-order valence-corrected chi connectivity index (χ0v) is 17.9. The molecule has 0 spiro atoms. The summed E-state index contributed by atoms with van der Waals surface area (Å²) in [6, 6.07) is 8.54. The largest absolute Gasteiger partial charge is 0.480 e. The molecule has 0 bridgehead atoms. The van der Waals surface area contributed by atoms with Gasteiger partial charge in [-0.25, -0.2) is 17.2 Å². The quantitative estimate of drug-likeness (QED) is 0.648. The van der Waals surface area contributed by atoms with E-state index in [9.17, 15) is 22.0 Å². The van der Waals surface area contributed by atoms with E-state index in [2.05, 4.69) is 15.9 Å². The number of amides is 1. The first kappa shape index (κ1) is 21.7. The Morgan fingerprint density at radius 3 is 2.21 bits per heavy atom. The Hall–Kier alpha value is -2.04. The van der Waals surface area contributed by atoms with Crippen LogP contribution in [0.1, 0.15) is 6.92 Å². The van der Waals surface area contributed by atoms with Gasteiger partial charge in [-0.05, 0) is 65.3 Å². The number of piperazine rings is 1. The first-order valence-electron chi connectivity index (χ1n) is 8.84. The van der Waals surface area contributed by atoms with E-state index in [1.54, 1.807) is 6.92 Å². The normalized spacial score (nSPS) is 16.5. The Morgan fingerprint density at radius 2 is 1.62 bits per heavy atom. The summed E-state index contributed by atoms with van der Waals surface area (Å²) in [5.74, 6) is -0.896. The van der Waals surface area contributed by atoms with Gasteiger partial charge in [-0.2, -0.15) is 4.31 Å². The van der Waals surface area contributed by atoms with Crippen LogP contribution in [0, 0.1) is 11.6 Å². The summed E-state index contributed by atoms with van der Waals surface area (Å²) in [6.07, 6.45) is -0.822. The highest BCUT2D eigenvalue weighted by Crippen LogP contribution is 2.27. The fourth-order valence-electron chi connectivity index (χ4n) is 2.97. The molecule has 1 heterocycles. The summed E-state index contributed by atoms with van der Waals surface area (Å²) in [5, 5.41) is 0. The molecule has 0 aliphatic carbocycles. The molecule has 1 saturated heterocycles. The lowest BCUT2D eigenvalue weighted by Gasteiger charge is -2.35. The Labute approximate surface area is 176 Å². The molecule has 1 aliphatic heterocycles. The Kier molecular flexibility index (Phi) is 6.55. The second-order valence-corrected chi connectivity index (χ2v) is 9.31. The van der Waals surface area contributed by atoms with Gasteiger partial charge in [0, 0.05) is 26.2 Å². The number of rotatable bonds is 5. The molecule has 1 unspecified atom stereocenters. The van der Waals surface area contributed by atoms with Gasteiger partial charge in [-0.15, -0.1) is 0 Å². The molecule has 0 aromatic heterocycles. The minimum Gasteiger partial charge on any atom is -0.480 e. The number of carbonyl (C=O) groups excluding carboxylic acids is 1. The number of halogens is 3. The van der Waals surface area contributed by atoms with Crippen LogP contribution in [0.5, 0.6) is 5.75 Å². The van der Waals surface area contributed by atoms with E-state index in [0.29, 0.717) is 10.2 Å². The van der Waals surface area contributed by atoms with Crippen molar-refractivity contribution in [1.29, 1.82) is 0 Å². The lowest BCUT2D eigenvalue weighted by Crippen LogP contribution is -2.53. The maximum atomic E-state index is 13.2. The third kappa shape index (κ3) is 4.93. The van der Waals surface area contributed by atoms with Crippen molar-refractivity contribution in [2.75, 3.05) is 26.2 Å². The summed E-state index contributed by atoms with van der Waals surface area (Å²) in [5.41, 5.74) is 0. The molecule has 1 atom stereocenters. The molecule has 0 N–H and O–H groups in total. The molecule has 0 radical (unpaired) electrons. The van der Waals surface area contributed by atoms with Crippen molar-refractivity contribution in [3.05, 3.63) is 58.6 Å². The summed E-state index contributed by atoms with van der Waals surface area (Å²) in [7, 11) is -3.75. The van der Waals surface area contributed by atoms with Gasteiger partial charge in [0.1, 0.15) is 17.4 Å². The molecule has 10 heteroatoms. The lowest BCUT2D eigenvalue weighted by molar-refractivity contribution is -0.139. The molecule has 1 aliphatic rings. The maximum Gasteiger partial charge on any atom is 0.263 e. The van der Waals surface area contributed by atoms with Crippen LogP contribution < -0.4 is 4.74 Å². The van der Waals surface area contributed by atoms with Gasteiger partial charge in [0.2, 0.25) is 10.0 Å². The van der Waals surface area contributed by atoms with Crippen LogP contribution in [0.2, 0.25) is 0 Å². The van der Waals surface area contributed by atoms with E-state index >= 15 is 0 Å². The molecular weight excluding hydrogens is 470 g/mol. The average Bonchev–Trinajstić information content (AvgIpc) is 2.70. The van der Waals surface area contributed by atoms with Crippen molar-refractivity contribution < 1.29 is 26.7 Å². The molecule has 1 fully saturated rings. The highest BCUT2D eigenvalue weighted by atomic mass is 79.9. The second kappa shape index (κ2) is 8.76. The van der Waals surface area contributed by atoms with E-state index in [0.717, 1.165) is 12.1 Å². The molecule has 29 heavy (non-hydrogen) atoms. The third-order valence-corrected chi connectivity index (χ3v) is 7.08. The summed E-state index contributed by atoms with van der Waals surface area (Å²) in [6.45, 7) is 2.24. The number of benzene rings is 2. The van der Waals surface area contributed by atoms with Crippen molar-refractivity contribution >= 4 is 31.9 Å². The molecule has 156 valence electrons.